The summed E-state index contributed by atoms with van der Waals surface area (Å²) in [6, 6.07) is 4.98. The Kier molecular flexibility index (Phi) is 3.31. The summed E-state index contributed by atoms with van der Waals surface area (Å²) in [5, 5.41) is 2.84. The number of rotatable bonds is 3. The topological polar surface area (TPSA) is 38.9 Å². The number of hydrogen-bond acceptors (Lipinski definition) is 3. The Balaban J connectivity index is 2.21. The lowest BCUT2D eigenvalue weighted by molar-refractivity contribution is 0.572. The van der Waals surface area contributed by atoms with Crippen molar-refractivity contribution in [2.45, 2.75) is 19.4 Å². The molecule has 4 heteroatoms. The molecule has 0 aliphatic heterocycles. The predicted molar refractivity (Wildman–Crippen MR) is 63.9 cm³/mol. The van der Waals surface area contributed by atoms with Crippen LogP contribution in [0.2, 0.25) is 0 Å². The van der Waals surface area contributed by atoms with Crippen molar-refractivity contribution in [3.63, 3.8) is 0 Å². The molecule has 0 spiro atoms. The Morgan fingerprint density at radius 1 is 1.50 bits per heavy atom. The van der Waals surface area contributed by atoms with Gasteiger partial charge in [-0.25, -0.2) is 9.37 Å². The van der Waals surface area contributed by atoms with Gasteiger partial charge in [-0.05, 0) is 12.5 Å². The number of halogens is 1. The van der Waals surface area contributed by atoms with Crippen LogP contribution < -0.4 is 5.73 Å². The Hall–Kier alpha value is -1.26. The van der Waals surface area contributed by atoms with Crippen LogP contribution in [0.5, 0.6) is 0 Å². The lowest BCUT2D eigenvalue weighted by Gasteiger charge is -2.12. The molecular formula is C12H13FN2S. The van der Waals surface area contributed by atoms with Gasteiger partial charge in [0, 0.05) is 29.6 Å². The van der Waals surface area contributed by atoms with Gasteiger partial charge < -0.3 is 5.73 Å². The molecule has 0 radical (unpaired) electrons. The molecule has 2 N–H and O–H groups in total. The summed E-state index contributed by atoms with van der Waals surface area (Å²) in [6.45, 7) is 1.74. The van der Waals surface area contributed by atoms with Crippen molar-refractivity contribution in [1.82, 2.24) is 4.98 Å². The zero-order chi connectivity index (χ0) is 11.5. The highest BCUT2D eigenvalue weighted by Crippen LogP contribution is 2.21. The molecule has 2 rings (SSSR count). The number of thiazole rings is 1. The normalized spacial score (nSPS) is 12.7. The minimum atomic E-state index is -0.328. The van der Waals surface area contributed by atoms with Crippen molar-refractivity contribution in [3.05, 3.63) is 51.7 Å². The molecule has 0 fully saturated rings. The maximum Gasteiger partial charge on any atom is 0.130 e. The average molecular weight is 236 g/mol. The highest BCUT2D eigenvalue weighted by Gasteiger charge is 2.14. The van der Waals surface area contributed by atoms with Crippen LogP contribution in [0.25, 0.3) is 0 Å². The molecule has 84 valence electrons. The van der Waals surface area contributed by atoms with Gasteiger partial charge >= 0.3 is 0 Å². The maximum absolute atomic E-state index is 13.8. The van der Waals surface area contributed by atoms with E-state index in [-0.39, 0.29) is 11.9 Å². The third kappa shape index (κ3) is 2.28. The van der Waals surface area contributed by atoms with E-state index in [1.165, 1.54) is 0 Å². The lowest BCUT2D eigenvalue weighted by atomic mass is 10.0. The van der Waals surface area contributed by atoms with Crippen molar-refractivity contribution in [2.75, 3.05) is 0 Å². The first-order chi connectivity index (χ1) is 7.68. The number of aromatic nitrogens is 1. The van der Waals surface area contributed by atoms with Crippen LogP contribution in [0.3, 0.4) is 0 Å². The number of nitrogens with zero attached hydrogens (tertiary/aromatic N) is 1. The molecule has 0 saturated carbocycles. The lowest BCUT2D eigenvalue weighted by Crippen LogP contribution is -2.15. The minimum absolute atomic E-state index is 0.202. The summed E-state index contributed by atoms with van der Waals surface area (Å²) in [4.78, 5) is 4.15. The minimum Gasteiger partial charge on any atom is -0.324 e. The number of benzene rings is 1. The molecule has 1 heterocycles. The van der Waals surface area contributed by atoms with Crippen molar-refractivity contribution in [1.29, 1.82) is 0 Å². The van der Waals surface area contributed by atoms with Gasteiger partial charge in [0.25, 0.3) is 0 Å². The van der Waals surface area contributed by atoms with E-state index in [1.807, 2.05) is 11.4 Å². The maximum atomic E-state index is 13.8. The van der Waals surface area contributed by atoms with Gasteiger partial charge in [0.1, 0.15) is 5.82 Å². The van der Waals surface area contributed by atoms with E-state index in [0.29, 0.717) is 17.5 Å². The highest BCUT2D eigenvalue weighted by atomic mass is 32.1. The number of aryl methyl sites for hydroxylation is 1. The molecule has 1 aromatic heterocycles. The Bertz CT molecular complexity index is 468. The second kappa shape index (κ2) is 4.72. The quantitative estimate of drug-likeness (QED) is 0.890. The fourth-order valence-corrected chi connectivity index (χ4v) is 2.28. The fourth-order valence-electron chi connectivity index (χ4n) is 1.61. The summed E-state index contributed by atoms with van der Waals surface area (Å²) in [5.41, 5.74) is 7.18. The Labute approximate surface area is 97.9 Å². The van der Waals surface area contributed by atoms with E-state index in [9.17, 15) is 4.39 Å². The smallest absolute Gasteiger partial charge is 0.130 e. The second-order valence-corrected chi connectivity index (χ2v) is 4.69. The van der Waals surface area contributed by atoms with Gasteiger partial charge in [-0.3, -0.25) is 0 Å². The largest absolute Gasteiger partial charge is 0.324 e. The molecule has 1 atom stereocenters. The number of nitrogens with two attached hydrogens (primary N) is 1. The van der Waals surface area contributed by atoms with Crippen LogP contribution in [-0.2, 0) is 6.42 Å². The molecule has 0 amide bonds. The fraction of sp³-hybridized carbons (Fsp3) is 0.250. The van der Waals surface area contributed by atoms with Crippen LogP contribution in [0.15, 0.2) is 29.8 Å². The predicted octanol–water partition coefficient (Wildman–Crippen LogP) is 2.83. The van der Waals surface area contributed by atoms with Gasteiger partial charge in [-0.1, -0.05) is 18.2 Å². The molecule has 1 aromatic carbocycles. The first-order valence-corrected chi connectivity index (χ1v) is 5.95. The zero-order valence-electron chi connectivity index (χ0n) is 8.98. The van der Waals surface area contributed by atoms with Gasteiger partial charge in [0.2, 0.25) is 0 Å². The van der Waals surface area contributed by atoms with Crippen LogP contribution in [0.4, 0.5) is 4.39 Å². The molecule has 2 nitrogen and oxygen atoms in total. The summed E-state index contributed by atoms with van der Waals surface area (Å²) in [5.74, 6) is -0.202. The first-order valence-electron chi connectivity index (χ1n) is 5.07. The highest BCUT2D eigenvalue weighted by molar-refractivity contribution is 7.09. The Morgan fingerprint density at radius 3 is 3.00 bits per heavy atom. The SMILES string of the molecule is Cc1cccc(C(N)Cc2nccs2)c1F. The van der Waals surface area contributed by atoms with E-state index in [1.54, 1.807) is 36.6 Å². The summed E-state index contributed by atoms with van der Waals surface area (Å²) >= 11 is 1.54. The van der Waals surface area contributed by atoms with Crippen LogP contribution in [0, 0.1) is 12.7 Å². The van der Waals surface area contributed by atoms with Crippen LogP contribution >= 0.6 is 11.3 Å². The third-order valence-electron chi connectivity index (χ3n) is 2.50. The molecule has 0 bridgehead atoms. The molecule has 1 unspecified atom stereocenters. The Morgan fingerprint density at radius 2 is 2.31 bits per heavy atom. The monoisotopic (exact) mass is 236 g/mol. The van der Waals surface area contributed by atoms with E-state index >= 15 is 0 Å². The van der Waals surface area contributed by atoms with E-state index < -0.39 is 0 Å². The van der Waals surface area contributed by atoms with Crippen molar-refractivity contribution < 1.29 is 4.39 Å². The summed E-state index contributed by atoms with van der Waals surface area (Å²) in [6.07, 6.45) is 2.32. The third-order valence-corrected chi connectivity index (χ3v) is 3.30. The number of hydrogen-bond donors (Lipinski definition) is 1. The van der Waals surface area contributed by atoms with Gasteiger partial charge in [-0.2, -0.15) is 0 Å². The van der Waals surface area contributed by atoms with Gasteiger partial charge in [0.05, 0.1) is 5.01 Å². The molecule has 16 heavy (non-hydrogen) atoms. The van der Waals surface area contributed by atoms with Crippen molar-refractivity contribution in [2.24, 2.45) is 5.73 Å². The zero-order valence-corrected chi connectivity index (χ0v) is 9.80. The van der Waals surface area contributed by atoms with Gasteiger partial charge in [0.15, 0.2) is 0 Å². The first kappa shape index (κ1) is 11.2. The summed E-state index contributed by atoms with van der Waals surface area (Å²) < 4.78 is 13.8. The van der Waals surface area contributed by atoms with E-state index in [4.69, 9.17) is 5.73 Å². The molecule has 0 saturated heterocycles. The molecule has 2 aromatic rings. The van der Waals surface area contributed by atoms with E-state index in [0.717, 1.165) is 5.01 Å². The van der Waals surface area contributed by atoms with Crippen molar-refractivity contribution >= 4 is 11.3 Å². The summed E-state index contributed by atoms with van der Waals surface area (Å²) in [7, 11) is 0. The second-order valence-electron chi connectivity index (χ2n) is 3.71. The van der Waals surface area contributed by atoms with Crippen LogP contribution in [-0.4, -0.2) is 4.98 Å². The van der Waals surface area contributed by atoms with Gasteiger partial charge in [-0.15, -0.1) is 11.3 Å². The van der Waals surface area contributed by atoms with Crippen molar-refractivity contribution in [3.8, 4) is 0 Å². The van der Waals surface area contributed by atoms with E-state index in [2.05, 4.69) is 4.98 Å². The molecule has 0 aliphatic rings. The standard InChI is InChI=1S/C12H13FN2S/c1-8-3-2-4-9(12(8)13)10(14)7-11-15-5-6-16-11/h2-6,10H,7,14H2,1H3. The van der Waals surface area contributed by atoms with Crippen LogP contribution in [0.1, 0.15) is 22.2 Å². The average Bonchev–Trinajstić information content (AvgIpc) is 2.74. The molecular weight excluding hydrogens is 223 g/mol. The molecule has 0 aliphatic carbocycles.